The van der Waals surface area contributed by atoms with Crippen LogP contribution in [0.5, 0.6) is 0 Å². The van der Waals surface area contributed by atoms with Gasteiger partial charge in [0, 0.05) is 18.3 Å². The molecule has 0 heterocycles. The van der Waals surface area contributed by atoms with Crippen molar-refractivity contribution in [2.75, 3.05) is 38.3 Å². The number of hydrogen-bond acceptors (Lipinski definition) is 5. The van der Waals surface area contributed by atoms with E-state index in [9.17, 15) is 4.79 Å². The molecular formula is C14H22ClN3O2. The second kappa shape index (κ2) is 7.36. The Bertz CT molecular complexity index is 478. The Morgan fingerprint density at radius 2 is 2.15 bits per heavy atom. The van der Waals surface area contributed by atoms with E-state index in [4.69, 9.17) is 22.1 Å². The molecule has 0 aliphatic carbocycles. The third-order valence-corrected chi connectivity index (χ3v) is 3.36. The smallest absolute Gasteiger partial charge is 0.340 e. The number of carbonyl (C=O) groups excluding carboxylic acids is 1. The van der Waals surface area contributed by atoms with E-state index < -0.39 is 5.97 Å². The highest BCUT2D eigenvalue weighted by Gasteiger charge is 2.17. The van der Waals surface area contributed by atoms with Gasteiger partial charge in [-0.05, 0) is 40.1 Å². The first kappa shape index (κ1) is 16.6. The van der Waals surface area contributed by atoms with Gasteiger partial charge in [-0.2, -0.15) is 0 Å². The molecule has 0 aromatic heterocycles. The Morgan fingerprint density at radius 1 is 1.50 bits per heavy atom. The van der Waals surface area contributed by atoms with E-state index in [0.717, 1.165) is 0 Å². The van der Waals surface area contributed by atoms with E-state index in [1.54, 1.807) is 19.1 Å². The fraction of sp³-hybridized carbons (Fsp3) is 0.500. The molecule has 0 bridgehead atoms. The van der Waals surface area contributed by atoms with Crippen LogP contribution in [0, 0.1) is 0 Å². The van der Waals surface area contributed by atoms with Gasteiger partial charge in [0.05, 0.1) is 22.9 Å². The van der Waals surface area contributed by atoms with Gasteiger partial charge in [0.2, 0.25) is 0 Å². The van der Waals surface area contributed by atoms with Gasteiger partial charge in [0.15, 0.2) is 0 Å². The minimum Gasteiger partial charge on any atom is -0.462 e. The largest absolute Gasteiger partial charge is 0.462 e. The fourth-order valence-corrected chi connectivity index (χ4v) is 1.90. The minimum atomic E-state index is -0.429. The number of ether oxygens (including phenoxy) is 1. The summed E-state index contributed by atoms with van der Waals surface area (Å²) in [7, 11) is 3.98. The zero-order valence-electron chi connectivity index (χ0n) is 12.4. The Morgan fingerprint density at radius 3 is 2.70 bits per heavy atom. The second-order valence-electron chi connectivity index (χ2n) is 4.84. The molecule has 0 radical (unpaired) electrons. The molecule has 1 unspecified atom stereocenters. The SMILES string of the molecule is CCOC(=O)c1cc(N)cc(Cl)c1NCC(C)N(C)C. The molecular weight excluding hydrogens is 278 g/mol. The molecule has 6 heteroatoms. The summed E-state index contributed by atoms with van der Waals surface area (Å²) >= 11 is 6.18. The van der Waals surface area contributed by atoms with E-state index in [-0.39, 0.29) is 0 Å². The van der Waals surface area contributed by atoms with Crippen molar-refractivity contribution in [2.24, 2.45) is 0 Å². The highest BCUT2D eigenvalue weighted by Crippen LogP contribution is 2.30. The minimum absolute atomic E-state index is 0.290. The summed E-state index contributed by atoms with van der Waals surface area (Å²) < 4.78 is 5.03. The van der Waals surface area contributed by atoms with Gasteiger partial charge in [-0.25, -0.2) is 4.79 Å². The first-order chi connectivity index (χ1) is 9.36. The molecule has 1 aromatic rings. The van der Waals surface area contributed by atoms with Crippen LogP contribution in [-0.2, 0) is 4.74 Å². The van der Waals surface area contributed by atoms with Crippen LogP contribution in [0.25, 0.3) is 0 Å². The molecule has 112 valence electrons. The van der Waals surface area contributed by atoms with Gasteiger partial charge in [0.1, 0.15) is 0 Å². The highest BCUT2D eigenvalue weighted by molar-refractivity contribution is 6.34. The summed E-state index contributed by atoms with van der Waals surface area (Å²) in [5.74, 6) is -0.429. The van der Waals surface area contributed by atoms with Gasteiger partial charge >= 0.3 is 5.97 Å². The van der Waals surface area contributed by atoms with Crippen molar-refractivity contribution in [2.45, 2.75) is 19.9 Å². The zero-order valence-corrected chi connectivity index (χ0v) is 13.1. The second-order valence-corrected chi connectivity index (χ2v) is 5.25. The Hall–Kier alpha value is -1.46. The maximum absolute atomic E-state index is 12.0. The lowest BCUT2D eigenvalue weighted by molar-refractivity contribution is 0.0527. The molecule has 0 aliphatic rings. The number of nitrogens with two attached hydrogens (primary N) is 1. The standard InChI is InChI=1S/C14H22ClN3O2/c1-5-20-14(19)11-6-10(16)7-12(15)13(11)17-8-9(2)18(3)4/h6-7,9,17H,5,8,16H2,1-4H3. The monoisotopic (exact) mass is 299 g/mol. The Labute approximate surface area is 125 Å². The van der Waals surface area contributed by atoms with Crippen molar-refractivity contribution in [3.8, 4) is 0 Å². The highest BCUT2D eigenvalue weighted by atomic mass is 35.5. The summed E-state index contributed by atoms with van der Waals surface area (Å²) in [5, 5.41) is 3.61. The maximum atomic E-state index is 12.0. The molecule has 5 nitrogen and oxygen atoms in total. The van der Waals surface area contributed by atoms with Crippen LogP contribution in [0.2, 0.25) is 5.02 Å². The number of esters is 1. The van der Waals surface area contributed by atoms with Crippen molar-refractivity contribution < 1.29 is 9.53 Å². The van der Waals surface area contributed by atoms with Gasteiger partial charge < -0.3 is 20.7 Å². The van der Waals surface area contributed by atoms with Crippen LogP contribution in [0.1, 0.15) is 24.2 Å². The number of halogens is 1. The lowest BCUT2D eigenvalue weighted by atomic mass is 10.1. The Kier molecular flexibility index (Phi) is 6.10. The molecule has 0 saturated heterocycles. The summed E-state index contributed by atoms with van der Waals surface area (Å²) in [5.41, 5.74) is 7.10. The van der Waals surface area contributed by atoms with Gasteiger partial charge in [0.25, 0.3) is 0 Å². The number of nitrogen functional groups attached to an aromatic ring is 1. The van der Waals surface area contributed by atoms with Crippen molar-refractivity contribution in [3.05, 3.63) is 22.7 Å². The van der Waals surface area contributed by atoms with Crippen LogP contribution >= 0.6 is 11.6 Å². The average molecular weight is 300 g/mol. The summed E-state index contributed by atoms with van der Waals surface area (Å²) in [4.78, 5) is 14.0. The average Bonchev–Trinajstić information content (AvgIpc) is 2.36. The molecule has 20 heavy (non-hydrogen) atoms. The van der Waals surface area contributed by atoms with Gasteiger partial charge in [-0.3, -0.25) is 0 Å². The lowest BCUT2D eigenvalue weighted by Crippen LogP contribution is -2.32. The number of benzene rings is 1. The van der Waals surface area contributed by atoms with Crippen molar-refractivity contribution in [3.63, 3.8) is 0 Å². The topological polar surface area (TPSA) is 67.6 Å². The molecule has 1 rings (SSSR count). The fourth-order valence-electron chi connectivity index (χ4n) is 1.61. The molecule has 0 fully saturated rings. The maximum Gasteiger partial charge on any atom is 0.340 e. The number of hydrogen-bond donors (Lipinski definition) is 2. The van der Waals surface area contributed by atoms with Crippen molar-refractivity contribution >= 4 is 28.9 Å². The van der Waals surface area contributed by atoms with E-state index >= 15 is 0 Å². The molecule has 1 aromatic carbocycles. The zero-order chi connectivity index (χ0) is 15.3. The van der Waals surface area contributed by atoms with Crippen molar-refractivity contribution in [1.29, 1.82) is 0 Å². The summed E-state index contributed by atoms with van der Waals surface area (Å²) in [6.45, 7) is 4.79. The van der Waals surface area contributed by atoms with Gasteiger partial charge in [-0.15, -0.1) is 0 Å². The number of carbonyl (C=O) groups is 1. The van der Waals surface area contributed by atoms with E-state index in [2.05, 4.69) is 17.1 Å². The Balaban J connectivity index is 3.01. The molecule has 0 amide bonds. The first-order valence-electron chi connectivity index (χ1n) is 6.53. The van der Waals surface area contributed by atoms with Crippen molar-refractivity contribution in [1.82, 2.24) is 4.90 Å². The molecule has 1 atom stereocenters. The van der Waals surface area contributed by atoms with Crippen LogP contribution in [0.4, 0.5) is 11.4 Å². The predicted octanol–water partition coefficient (Wildman–Crippen LogP) is 2.46. The number of anilines is 2. The van der Waals surface area contributed by atoms with E-state index in [1.165, 1.54) is 0 Å². The van der Waals surface area contributed by atoms with E-state index in [1.807, 2.05) is 14.1 Å². The summed E-state index contributed by atoms with van der Waals surface area (Å²) in [6.07, 6.45) is 0. The van der Waals surface area contributed by atoms with Crippen LogP contribution in [-0.4, -0.2) is 44.2 Å². The molecule has 0 aliphatic heterocycles. The van der Waals surface area contributed by atoms with E-state index in [0.29, 0.717) is 41.2 Å². The lowest BCUT2D eigenvalue weighted by Gasteiger charge is -2.22. The number of nitrogens with zero attached hydrogens (tertiary/aromatic N) is 1. The number of likely N-dealkylation sites (N-methyl/N-ethyl adjacent to an activating group) is 1. The van der Waals surface area contributed by atoms with Crippen LogP contribution < -0.4 is 11.1 Å². The summed E-state index contributed by atoms with van der Waals surface area (Å²) in [6, 6.07) is 3.48. The normalized spacial score (nSPS) is 12.3. The van der Waals surface area contributed by atoms with Crippen LogP contribution in [0.15, 0.2) is 12.1 Å². The molecule has 0 spiro atoms. The van der Waals surface area contributed by atoms with Crippen LogP contribution in [0.3, 0.4) is 0 Å². The third kappa shape index (κ3) is 4.28. The predicted molar refractivity (Wildman–Crippen MR) is 83.5 cm³/mol. The third-order valence-electron chi connectivity index (χ3n) is 3.06. The number of rotatable bonds is 6. The molecule has 0 saturated carbocycles. The number of nitrogens with one attached hydrogen (secondary N) is 1. The molecule has 3 N–H and O–H groups in total. The first-order valence-corrected chi connectivity index (χ1v) is 6.91. The van der Waals surface area contributed by atoms with Gasteiger partial charge in [-0.1, -0.05) is 11.6 Å². The quantitative estimate of drug-likeness (QED) is 0.624.